The van der Waals surface area contributed by atoms with Gasteiger partial charge in [-0.3, -0.25) is 19.1 Å². The molecule has 0 aliphatic carbocycles. The van der Waals surface area contributed by atoms with Crippen molar-refractivity contribution in [1.29, 1.82) is 0 Å². The van der Waals surface area contributed by atoms with Crippen LogP contribution >= 0.6 is 0 Å². The molecule has 10 heteroatoms. The first-order valence-electron chi connectivity index (χ1n) is 7.49. The zero-order valence-electron chi connectivity index (χ0n) is 14.3. The molecule has 0 aliphatic rings. The molecule has 1 rings (SSSR count). The largest absolute Gasteiger partial charge is 0.401 e. The normalized spacial score (nSPS) is 12.1. The molecule has 7 nitrogen and oxygen atoms in total. The van der Waals surface area contributed by atoms with Crippen LogP contribution in [0.3, 0.4) is 0 Å². The average Bonchev–Trinajstić information content (AvgIpc) is 2.50. The third kappa shape index (κ3) is 6.96. The lowest BCUT2D eigenvalue weighted by Crippen LogP contribution is -2.37. The molecular weight excluding hydrogens is 341 g/mol. The monoisotopic (exact) mass is 362 g/mol. The second-order valence-corrected chi connectivity index (χ2v) is 5.67. The zero-order valence-corrected chi connectivity index (χ0v) is 14.3. The number of nitrogens with zero attached hydrogens (tertiary/aromatic N) is 3. The maximum Gasteiger partial charge on any atom is 0.401 e. The van der Waals surface area contributed by atoms with E-state index in [2.05, 4.69) is 5.32 Å². The molecule has 1 heterocycles. The van der Waals surface area contributed by atoms with E-state index in [1.807, 2.05) is 0 Å². The van der Waals surface area contributed by atoms with Crippen molar-refractivity contribution in [1.82, 2.24) is 19.4 Å². The molecule has 0 fully saturated rings. The number of amides is 1. The van der Waals surface area contributed by atoms with Crippen LogP contribution in [-0.2, 0) is 18.9 Å². The molecule has 1 aromatic heterocycles. The Hall–Kier alpha value is -2.36. The molecule has 25 heavy (non-hydrogen) atoms. The van der Waals surface area contributed by atoms with Crippen LogP contribution in [0.15, 0.2) is 21.9 Å². The Morgan fingerprint density at radius 2 is 1.96 bits per heavy atom. The van der Waals surface area contributed by atoms with Crippen molar-refractivity contribution in [3.05, 3.63) is 38.7 Å². The number of nitrogens with one attached hydrogen (secondary N) is 1. The quantitative estimate of drug-likeness (QED) is 0.551. The van der Waals surface area contributed by atoms with E-state index in [0.717, 1.165) is 15.5 Å². The summed E-state index contributed by atoms with van der Waals surface area (Å²) in [6, 6.07) is 0. The molecule has 0 saturated heterocycles. The molecule has 0 unspecified atom stereocenters. The Balaban J connectivity index is 2.49. The number of hydrogen-bond acceptors (Lipinski definition) is 4. The van der Waals surface area contributed by atoms with Crippen molar-refractivity contribution in [2.75, 3.05) is 26.7 Å². The van der Waals surface area contributed by atoms with Gasteiger partial charge in [-0.15, -0.1) is 0 Å². The van der Waals surface area contributed by atoms with Crippen molar-refractivity contribution in [3.63, 3.8) is 0 Å². The van der Waals surface area contributed by atoms with Crippen LogP contribution < -0.4 is 16.6 Å². The first-order valence-corrected chi connectivity index (χ1v) is 7.49. The van der Waals surface area contributed by atoms with Crippen molar-refractivity contribution < 1.29 is 18.0 Å². The van der Waals surface area contributed by atoms with Crippen molar-refractivity contribution >= 4 is 12.0 Å². The van der Waals surface area contributed by atoms with Crippen LogP contribution in [-0.4, -0.2) is 52.8 Å². The Morgan fingerprint density at radius 1 is 1.32 bits per heavy atom. The van der Waals surface area contributed by atoms with Crippen LogP contribution in [0.2, 0.25) is 0 Å². The molecule has 1 amide bonds. The summed E-state index contributed by atoms with van der Waals surface area (Å²) >= 11 is 0. The summed E-state index contributed by atoms with van der Waals surface area (Å²) in [5.41, 5.74) is -0.833. The number of carbonyl (C=O) groups is 1. The highest BCUT2D eigenvalue weighted by Gasteiger charge is 2.28. The van der Waals surface area contributed by atoms with Crippen LogP contribution in [0.1, 0.15) is 12.0 Å². The molecule has 1 N–H and O–H groups in total. The first-order chi connectivity index (χ1) is 11.5. The van der Waals surface area contributed by atoms with Gasteiger partial charge in [-0.25, -0.2) is 4.79 Å². The van der Waals surface area contributed by atoms with Crippen molar-refractivity contribution in [2.24, 2.45) is 14.1 Å². The second-order valence-electron chi connectivity index (χ2n) is 5.67. The predicted octanol–water partition coefficient (Wildman–Crippen LogP) is 0.0976. The third-order valence-corrected chi connectivity index (χ3v) is 3.35. The van der Waals surface area contributed by atoms with Gasteiger partial charge in [-0.2, -0.15) is 13.2 Å². The van der Waals surface area contributed by atoms with Gasteiger partial charge in [0.1, 0.15) is 0 Å². The predicted molar refractivity (Wildman–Crippen MR) is 87.1 cm³/mol. The molecule has 0 saturated carbocycles. The van der Waals surface area contributed by atoms with Crippen molar-refractivity contribution in [2.45, 2.75) is 12.6 Å². The number of rotatable bonds is 7. The number of aromatic nitrogens is 2. The fourth-order valence-electron chi connectivity index (χ4n) is 2.12. The summed E-state index contributed by atoms with van der Waals surface area (Å²) in [6.07, 6.45) is -0.148. The molecule has 0 spiro atoms. The maximum atomic E-state index is 12.2. The summed E-state index contributed by atoms with van der Waals surface area (Å²) in [5, 5.41) is 2.52. The van der Waals surface area contributed by atoms with Gasteiger partial charge < -0.3 is 9.88 Å². The molecule has 1 aromatic rings. The number of hydrogen-bond donors (Lipinski definition) is 1. The van der Waals surface area contributed by atoms with Gasteiger partial charge in [0, 0.05) is 32.9 Å². The summed E-state index contributed by atoms with van der Waals surface area (Å²) in [4.78, 5) is 36.2. The topological polar surface area (TPSA) is 76.3 Å². The summed E-state index contributed by atoms with van der Waals surface area (Å²) in [7, 11) is 4.17. The molecule has 0 bridgehead atoms. The van der Waals surface area contributed by atoms with Crippen molar-refractivity contribution in [3.8, 4) is 0 Å². The summed E-state index contributed by atoms with van der Waals surface area (Å²) in [6.45, 7) is -0.613. The minimum Gasteiger partial charge on any atom is -0.353 e. The Kier molecular flexibility index (Phi) is 7.16. The van der Waals surface area contributed by atoms with E-state index >= 15 is 0 Å². The molecule has 140 valence electrons. The van der Waals surface area contributed by atoms with Gasteiger partial charge in [0.05, 0.1) is 12.1 Å². The summed E-state index contributed by atoms with van der Waals surface area (Å²) < 4.78 is 38.6. The zero-order chi connectivity index (χ0) is 19.2. The van der Waals surface area contributed by atoms with E-state index in [4.69, 9.17) is 0 Å². The van der Waals surface area contributed by atoms with Crippen LogP contribution in [0.5, 0.6) is 0 Å². The van der Waals surface area contributed by atoms with Crippen LogP contribution in [0, 0.1) is 0 Å². The van der Waals surface area contributed by atoms with Crippen LogP contribution in [0.4, 0.5) is 13.2 Å². The highest BCUT2D eigenvalue weighted by molar-refractivity contribution is 5.91. The summed E-state index contributed by atoms with van der Waals surface area (Å²) in [5.74, 6) is -0.477. The van der Waals surface area contributed by atoms with E-state index < -0.39 is 29.9 Å². The Bertz CT molecular complexity index is 750. The molecule has 0 atom stereocenters. The van der Waals surface area contributed by atoms with E-state index in [-0.39, 0.29) is 18.7 Å². The standard InChI is InChI=1S/C15H21F3N4O3/c1-20(10-15(16,17)18)8-4-7-19-12(23)6-5-11-9-21(2)14(25)22(3)13(11)24/h5-6,9H,4,7-8,10H2,1-3H3,(H,19,23). The minimum atomic E-state index is -4.25. The van der Waals surface area contributed by atoms with E-state index in [9.17, 15) is 27.6 Å². The second kappa shape index (κ2) is 8.65. The fraction of sp³-hybridized carbons (Fsp3) is 0.533. The number of alkyl halides is 3. The van der Waals surface area contributed by atoms with Gasteiger partial charge in [0.25, 0.3) is 5.56 Å². The lowest BCUT2D eigenvalue weighted by atomic mass is 10.3. The average molecular weight is 362 g/mol. The van der Waals surface area contributed by atoms with Gasteiger partial charge in [-0.05, 0) is 26.1 Å². The molecule has 0 aliphatic heterocycles. The van der Waals surface area contributed by atoms with E-state index in [1.54, 1.807) is 0 Å². The number of carbonyl (C=O) groups excluding carboxylic acids is 1. The van der Waals surface area contributed by atoms with E-state index in [1.165, 1.54) is 38.0 Å². The third-order valence-electron chi connectivity index (χ3n) is 3.35. The minimum absolute atomic E-state index is 0.171. The van der Waals surface area contributed by atoms with E-state index in [0.29, 0.717) is 6.42 Å². The molecular formula is C15H21F3N4O3. The number of halogens is 3. The lowest BCUT2D eigenvalue weighted by molar-refractivity contribution is -0.143. The van der Waals surface area contributed by atoms with Gasteiger partial charge in [-0.1, -0.05) is 0 Å². The van der Waals surface area contributed by atoms with Crippen LogP contribution in [0.25, 0.3) is 6.08 Å². The highest BCUT2D eigenvalue weighted by Crippen LogP contribution is 2.15. The fourth-order valence-corrected chi connectivity index (χ4v) is 2.12. The van der Waals surface area contributed by atoms with Gasteiger partial charge >= 0.3 is 11.9 Å². The Morgan fingerprint density at radius 3 is 2.56 bits per heavy atom. The molecule has 0 aromatic carbocycles. The smallest absolute Gasteiger partial charge is 0.353 e. The van der Waals surface area contributed by atoms with Gasteiger partial charge in [0.2, 0.25) is 5.91 Å². The SMILES string of the molecule is CN(CCCNC(=O)C=Cc1cn(C)c(=O)n(C)c1=O)CC(F)(F)F. The number of aryl methyl sites for hydroxylation is 1. The highest BCUT2D eigenvalue weighted by atomic mass is 19.4. The first kappa shape index (κ1) is 20.7. The lowest BCUT2D eigenvalue weighted by Gasteiger charge is -2.18. The Labute approximate surface area is 142 Å². The van der Waals surface area contributed by atoms with Gasteiger partial charge in [0.15, 0.2) is 0 Å². The maximum absolute atomic E-state index is 12.2. The molecule has 0 radical (unpaired) electrons.